The molecular weight excluding hydrogens is 427 g/mol. The van der Waals surface area contributed by atoms with Crippen molar-refractivity contribution in [3.63, 3.8) is 0 Å². The quantitative estimate of drug-likeness (QED) is 0.642. The number of nitrogens with zero attached hydrogens (tertiary/aromatic N) is 2. The van der Waals surface area contributed by atoms with Gasteiger partial charge in [-0.3, -0.25) is 4.79 Å². The van der Waals surface area contributed by atoms with Crippen LogP contribution in [0.5, 0.6) is 5.75 Å². The van der Waals surface area contributed by atoms with Crippen LogP contribution in [0, 0.1) is 5.92 Å². The average molecular weight is 451 g/mol. The van der Waals surface area contributed by atoms with E-state index < -0.39 is 29.7 Å². The Morgan fingerprint density at radius 1 is 1.22 bits per heavy atom. The maximum absolute atomic E-state index is 14.7. The first-order valence-corrected chi connectivity index (χ1v) is 10.9. The smallest absolute Gasteiger partial charge is 0.387 e. The van der Waals surface area contributed by atoms with E-state index in [4.69, 9.17) is 4.74 Å². The summed E-state index contributed by atoms with van der Waals surface area (Å²) in [4.78, 5) is 26.0. The number of nitrogens with one attached hydrogen (secondary N) is 1. The standard InChI is InChI=1S/C22H24F3N3O4/c23-16-10-27(8-11(16)7-26-12-1-2-12)17-6-5-14-18(20(17)32-22(24)25)28(13-3-4-13)9-15(19(14)29)21(30)31/h5-6,9,11-13,16,22,26H,1-4,7-8,10H2,(H,30,31). The zero-order valence-corrected chi connectivity index (χ0v) is 17.3. The van der Waals surface area contributed by atoms with Gasteiger partial charge in [0.25, 0.3) is 0 Å². The lowest BCUT2D eigenvalue weighted by Crippen LogP contribution is -2.30. The zero-order chi connectivity index (χ0) is 22.6. The number of aromatic nitrogens is 1. The number of hydrogen-bond acceptors (Lipinski definition) is 5. The largest absolute Gasteiger partial charge is 0.477 e. The summed E-state index contributed by atoms with van der Waals surface area (Å²) in [6, 6.07) is 3.22. The number of pyridine rings is 1. The van der Waals surface area contributed by atoms with Gasteiger partial charge in [-0.15, -0.1) is 0 Å². The number of anilines is 1. The summed E-state index contributed by atoms with van der Waals surface area (Å²) in [5.41, 5.74) is -0.760. The number of hydrogen-bond donors (Lipinski definition) is 2. The summed E-state index contributed by atoms with van der Waals surface area (Å²) < 4.78 is 48.1. The molecule has 32 heavy (non-hydrogen) atoms. The van der Waals surface area contributed by atoms with Crippen LogP contribution in [0.1, 0.15) is 42.1 Å². The van der Waals surface area contributed by atoms with Crippen LogP contribution in [-0.2, 0) is 0 Å². The first-order chi connectivity index (χ1) is 15.3. The van der Waals surface area contributed by atoms with E-state index in [0.717, 1.165) is 25.7 Å². The number of aromatic carboxylic acids is 1. The summed E-state index contributed by atoms with van der Waals surface area (Å²) in [5.74, 6) is -1.87. The molecule has 10 heteroatoms. The number of carbonyl (C=O) groups is 1. The first kappa shape index (κ1) is 21.1. The highest BCUT2D eigenvalue weighted by Crippen LogP contribution is 2.44. The maximum Gasteiger partial charge on any atom is 0.387 e. The van der Waals surface area contributed by atoms with E-state index in [1.165, 1.54) is 18.3 Å². The molecular formula is C22H24F3N3O4. The van der Waals surface area contributed by atoms with Crippen LogP contribution in [0.15, 0.2) is 23.1 Å². The Kier molecular flexibility index (Phi) is 5.27. The fourth-order valence-electron chi connectivity index (χ4n) is 4.48. The normalized spacial score (nSPS) is 23.3. The molecule has 1 saturated heterocycles. The second kappa shape index (κ2) is 7.99. The number of carboxylic acids is 1. The molecule has 1 aliphatic heterocycles. The fourth-order valence-corrected chi connectivity index (χ4v) is 4.48. The lowest BCUT2D eigenvalue weighted by atomic mass is 10.1. The minimum atomic E-state index is -3.16. The Morgan fingerprint density at radius 2 is 1.97 bits per heavy atom. The number of fused-ring (bicyclic) bond motifs is 1. The predicted molar refractivity (Wildman–Crippen MR) is 112 cm³/mol. The Hall–Kier alpha value is -2.75. The predicted octanol–water partition coefficient (Wildman–Crippen LogP) is 3.16. The topological polar surface area (TPSA) is 83.8 Å². The van der Waals surface area contributed by atoms with E-state index in [1.54, 1.807) is 9.47 Å². The van der Waals surface area contributed by atoms with Gasteiger partial charge in [0.1, 0.15) is 11.7 Å². The summed E-state index contributed by atoms with van der Waals surface area (Å²) in [7, 11) is 0. The van der Waals surface area contributed by atoms with Crippen LogP contribution >= 0.6 is 0 Å². The molecule has 172 valence electrons. The van der Waals surface area contributed by atoms with Crippen molar-refractivity contribution in [3.8, 4) is 5.75 Å². The summed E-state index contributed by atoms with van der Waals surface area (Å²) in [6.45, 7) is -2.29. The van der Waals surface area contributed by atoms with Crippen molar-refractivity contribution in [2.45, 2.75) is 50.6 Å². The Balaban J connectivity index is 1.60. The van der Waals surface area contributed by atoms with Crippen LogP contribution in [0.2, 0.25) is 0 Å². The molecule has 0 amide bonds. The first-order valence-electron chi connectivity index (χ1n) is 10.9. The lowest BCUT2D eigenvalue weighted by molar-refractivity contribution is -0.0487. The number of carboxylic acid groups (broad SMARTS) is 1. The minimum Gasteiger partial charge on any atom is -0.477 e. The third-order valence-corrected chi connectivity index (χ3v) is 6.45. The second-order valence-corrected chi connectivity index (χ2v) is 8.87. The number of ether oxygens (including phenoxy) is 1. The second-order valence-electron chi connectivity index (χ2n) is 8.87. The van der Waals surface area contributed by atoms with E-state index >= 15 is 0 Å². The Labute approximate surface area is 181 Å². The van der Waals surface area contributed by atoms with Gasteiger partial charge in [0.15, 0.2) is 5.75 Å². The molecule has 2 unspecified atom stereocenters. The van der Waals surface area contributed by atoms with E-state index in [0.29, 0.717) is 19.1 Å². The van der Waals surface area contributed by atoms with Gasteiger partial charge in [0.05, 0.1) is 16.6 Å². The SMILES string of the molecule is O=C(O)c1cn(C2CC2)c2c(OC(F)F)c(N3CC(F)C(CNC4CC4)C3)ccc2c1=O. The van der Waals surface area contributed by atoms with Crippen molar-refractivity contribution in [3.05, 3.63) is 34.1 Å². The molecule has 1 aromatic carbocycles. The average Bonchev–Trinajstić information content (AvgIpc) is 3.65. The molecule has 2 heterocycles. The number of rotatable bonds is 8. The van der Waals surface area contributed by atoms with E-state index in [9.17, 15) is 27.9 Å². The van der Waals surface area contributed by atoms with E-state index in [1.807, 2.05) is 0 Å². The Morgan fingerprint density at radius 3 is 2.59 bits per heavy atom. The van der Waals surface area contributed by atoms with Crippen LogP contribution in [0.4, 0.5) is 18.9 Å². The molecule has 2 atom stereocenters. The van der Waals surface area contributed by atoms with Gasteiger partial charge in [0.2, 0.25) is 5.43 Å². The van der Waals surface area contributed by atoms with E-state index in [-0.39, 0.29) is 40.8 Å². The molecule has 1 aromatic heterocycles. The zero-order valence-electron chi connectivity index (χ0n) is 17.3. The molecule has 3 fully saturated rings. The number of halogens is 3. The summed E-state index contributed by atoms with van der Waals surface area (Å²) in [5, 5.41) is 12.7. The van der Waals surface area contributed by atoms with Gasteiger partial charge >= 0.3 is 12.6 Å². The monoisotopic (exact) mass is 451 g/mol. The molecule has 2 N–H and O–H groups in total. The molecule has 2 aromatic rings. The fraction of sp³-hybridized carbons (Fsp3) is 0.545. The van der Waals surface area contributed by atoms with Gasteiger partial charge < -0.3 is 24.6 Å². The lowest BCUT2D eigenvalue weighted by Gasteiger charge is -2.24. The molecule has 3 aliphatic rings. The van der Waals surface area contributed by atoms with Gasteiger partial charge in [-0.1, -0.05) is 0 Å². The molecule has 0 radical (unpaired) electrons. The van der Waals surface area contributed by atoms with Crippen LogP contribution in [0.25, 0.3) is 10.9 Å². The van der Waals surface area contributed by atoms with Crippen molar-refractivity contribution in [2.75, 3.05) is 24.5 Å². The van der Waals surface area contributed by atoms with Crippen molar-refractivity contribution < 1.29 is 27.8 Å². The number of benzene rings is 1. The molecule has 5 rings (SSSR count). The molecule has 0 bridgehead atoms. The summed E-state index contributed by atoms with van der Waals surface area (Å²) in [6.07, 6.45) is 3.72. The van der Waals surface area contributed by atoms with Crippen molar-refractivity contribution in [2.24, 2.45) is 5.92 Å². The third kappa shape index (κ3) is 3.92. The van der Waals surface area contributed by atoms with Gasteiger partial charge in [0, 0.05) is 43.8 Å². The van der Waals surface area contributed by atoms with Crippen molar-refractivity contribution in [1.82, 2.24) is 9.88 Å². The van der Waals surface area contributed by atoms with Crippen LogP contribution in [0.3, 0.4) is 0 Å². The highest BCUT2D eigenvalue weighted by atomic mass is 19.3. The van der Waals surface area contributed by atoms with Gasteiger partial charge in [-0.05, 0) is 37.8 Å². The highest BCUT2D eigenvalue weighted by Gasteiger charge is 2.37. The highest BCUT2D eigenvalue weighted by molar-refractivity contribution is 5.97. The Bertz CT molecular complexity index is 1110. The van der Waals surface area contributed by atoms with Gasteiger partial charge in [-0.25, -0.2) is 9.18 Å². The maximum atomic E-state index is 14.7. The van der Waals surface area contributed by atoms with Crippen molar-refractivity contribution in [1.29, 1.82) is 0 Å². The molecule has 2 saturated carbocycles. The van der Waals surface area contributed by atoms with Gasteiger partial charge in [-0.2, -0.15) is 8.78 Å². The number of alkyl halides is 3. The molecule has 2 aliphatic carbocycles. The molecule has 7 nitrogen and oxygen atoms in total. The minimum absolute atomic E-state index is 0.000791. The van der Waals surface area contributed by atoms with Crippen LogP contribution in [-0.4, -0.2) is 54.1 Å². The summed E-state index contributed by atoms with van der Waals surface area (Å²) >= 11 is 0. The van der Waals surface area contributed by atoms with Crippen LogP contribution < -0.4 is 20.4 Å². The molecule has 0 spiro atoms. The third-order valence-electron chi connectivity index (χ3n) is 6.45. The van der Waals surface area contributed by atoms with E-state index in [2.05, 4.69) is 5.32 Å². The van der Waals surface area contributed by atoms with Crippen molar-refractivity contribution >= 4 is 22.6 Å².